The molecule has 0 aliphatic carbocycles. The van der Waals surface area contributed by atoms with Crippen molar-refractivity contribution in [3.63, 3.8) is 0 Å². The molecule has 10 heavy (non-hydrogen) atoms. The Morgan fingerprint density at radius 3 is 2.70 bits per heavy atom. The van der Waals surface area contributed by atoms with Crippen LogP contribution in [0.15, 0.2) is 0 Å². The first-order valence-corrected chi connectivity index (χ1v) is 3.29. The number of carbonyl (C=O) groups excluding carboxylic acids is 1. The summed E-state index contributed by atoms with van der Waals surface area (Å²) < 4.78 is 4.85. The fraction of sp³-hybridized carbons (Fsp3) is 0.625. The normalized spacial score (nSPS) is 12.1. The van der Waals surface area contributed by atoms with Crippen LogP contribution in [0.1, 0.15) is 19.8 Å². The van der Waals surface area contributed by atoms with E-state index >= 15 is 0 Å². The minimum Gasteiger partial charge on any atom is -0.373 e. The number of Topliss-reactive ketones (excluding diaryl/α,β-unsaturated/α-hetero) is 1. The van der Waals surface area contributed by atoms with E-state index in [-0.39, 0.29) is 5.78 Å². The summed E-state index contributed by atoms with van der Waals surface area (Å²) in [5.74, 6) is 1.78. The Morgan fingerprint density at radius 1 is 1.80 bits per heavy atom. The second-order valence-corrected chi connectivity index (χ2v) is 2.02. The highest BCUT2D eigenvalue weighted by Gasteiger charge is 2.12. The second kappa shape index (κ2) is 5.01. The highest BCUT2D eigenvalue weighted by molar-refractivity contribution is 5.98. The van der Waals surface area contributed by atoms with E-state index in [0.29, 0.717) is 6.42 Å². The molecule has 0 bridgehead atoms. The molecule has 56 valence electrons. The Hall–Kier alpha value is -0.810. The van der Waals surface area contributed by atoms with Crippen LogP contribution in [0.5, 0.6) is 0 Å². The topological polar surface area (TPSA) is 26.3 Å². The third-order valence-electron chi connectivity index (χ3n) is 1.27. The molecular weight excluding hydrogens is 128 g/mol. The maximum absolute atomic E-state index is 10.8. The van der Waals surface area contributed by atoms with Crippen LogP contribution in [0.3, 0.4) is 0 Å². The average molecular weight is 140 g/mol. The zero-order valence-electron chi connectivity index (χ0n) is 6.39. The van der Waals surface area contributed by atoms with E-state index in [1.165, 1.54) is 7.11 Å². The molecule has 2 nitrogen and oxygen atoms in total. The van der Waals surface area contributed by atoms with Gasteiger partial charge in [0, 0.05) is 7.11 Å². The first-order valence-electron chi connectivity index (χ1n) is 3.29. The van der Waals surface area contributed by atoms with E-state index in [4.69, 9.17) is 11.2 Å². The number of hydrogen-bond donors (Lipinski definition) is 0. The third kappa shape index (κ3) is 2.65. The molecule has 0 saturated heterocycles. The lowest BCUT2D eigenvalue weighted by Crippen LogP contribution is -2.20. The van der Waals surface area contributed by atoms with Crippen LogP contribution < -0.4 is 0 Å². The van der Waals surface area contributed by atoms with Gasteiger partial charge in [0.15, 0.2) is 0 Å². The SMILES string of the molecule is C#CC(=O)C(CCC)OC. The first-order chi connectivity index (χ1) is 4.76. The number of terminal acetylenes is 1. The van der Waals surface area contributed by atoms with Crippen LogP contribution in [-0.2, 0) is 9.53 Å². The Bertz CT molecular complexity index is 144. The summed E-state index contributed by atoms with van der Waals surface area (Å²) in [5.41, 5.74) is 0. The largest absolute Gasteiger partial charge is 0.373 e. The predicted octanol–water partition coefficient (Wildman–Crippen LogP) is 1.00. The summed E-state index contributed by atoms with van der Waals surface area (Å²) in [4.78, 5) is 10.8. The minimum absolute atomic E-state index is 0.260. The van der Waals surface area contributed by atoms with Gasteiger partial charge in [-0.1, -0.05) is 13.3 Å². The molecule has 0 radical (unpaired) electrons. The molecule has 0 saturated carbocycles. The van der Waals surface area contributed by atoms with Gasteiger partial charge >= 0.3 is 0 Å². The van der Waals surface area contributed by atoms with Gasteiger partial charge in [-0.3, -0.25) is 4.79 Å². The van der Waals surface area contributed by atoms with Crippen LogP contribution in [-0.4, -0.2) is 19.0 Å². The molecule has 0 aromatic heterocycles. The van der Waals surface area contributed by atoms with Crippen molar-refractivity contribution in [1.82, 2.24) is 0 Å². The average Bonchev–Trinajstić information content (AvgIpc) is 1.99. The molecule has 0 aromatic rings. The lowest BCUT2D eigenvalue weighted by Gasteiger charge is -2.07. The van der Waals surface area contributed by atoms with Crippen molar-refractivity contribution in [2.24, 2.45) is 0 Å². The smallest absolute Gasteiger partial charge is 0.233 e. The minimum atomic E-state index is -0.394. The van der Waals surface area contributed by atoms with Crippen molar-refractivity contribution in [2.45, 2.75) is 25.9 Å². The first kappa shape index (κ1) is 9.19. The number of ether oxygens (including phenoxy) is 1. The van der Waals surface area contributed by atoms with Crippen molar-refractivity contribution < 1.29 is 9.53 Å². The lowest BCUT2D eigenvalue weighted by molar-refractivity contribution is -0.123. The summed E-state index contributed by atoms with van der Waals surface area (Å²) in [6.45, 7) is 1.98. The molecule has 0 aliphatic rings. The molecule has 1 atom stereocenters. The van der Waals surface area contributed by atoms with Gasteiger partial charge in [0.1, 0.15) is 6.10 Å². The number of rotatable bonds is 4. The fourth-order valence-corrected chi connectivity index (χ4v) is 0.711. The van der Waals surface area contributed by atoms with Gasteiger partial charge in [-0.05, 0) is 12.3 Å². The third-order valence-corrected chi connectivity index (χ3v) is 1.27. The molecule has 0 amide bonds. The molecule has 0 N–H and O–H groups in total. The Kier molecular flexibility index (Phi) is 4.61. The molecule has 2 heteroatoms. The van der Waals surface area contributed by atoms with Gasteiger partial charge in [0.05, 0.1) is 0 Å². The summed E-state index contributed by atoms with van der Waals surface area (Å²) in [5, 5.41) is 0. The van der Waals surface area contributed by atoms with E-state index in [9.17, 15) is 4.79 Å². The van der Waals surface area contributed by atoms with Crippen molar-refractivity contribution in [3.05, 3.63) is 0 Å². The molecule has 0 fully saturated rings. The van der Waals surface area contributed by atoms with Crippen LogP contribution >= 0.6 is 0 Å². The number of carbonyl (C=O) groups is 1. The van der Waals surface area contributed by atoms with E-state index in [1.54, 1.807) is 0 Å². The van der Waals surface area contributed by atoms with Gasteiger partial charge in [0.25, 0.3) is 0 Å². The van der Waals surface area contributed by atoms with Crippen LogP contribution in [0.25, 0.3) is 0 Å². The predicted molar refractivity (Wildman–Crippen MR) is 39.5 cm³/mol. The molecule has 0 rings (SSSR count). The van der Waals surface area contributed by atoms with Crippen molar-refractivity contribution in [2.75, 3.05) is 7.11 Å². The van der Waals surface area contributed by atoms with Crippen molar-refractivity contribution >= 4 is 5.78 Å². The monoisotopic (exact) mass is 140 g/mol. The van der Waals surface area contributed by atoms with E-state index < -0.39 is 6.10 Å². The van der Waals surface area contributed by atoms with Crippen molar-refractivity contribution in [3.8, 4) is 12.3 Å². The molecular formula is C8H12O2. The Morgan fingerprint density at radius 2 is 2.40 bits per heavy atom. The maximum atomic E-state index is 10.8. The van der Waals surface area contributed by atoms with Gasteiger partial charge in [-0.25, -0.2) is 0 Å². The Labute approximate surface area is 61.6 Å². The molecule has 0 spiro atoms. The van der Waals surface area contributed by atoms with Gasteiger partial charge < -0.3 is 4.74 Å². The summed E-state index contributed by atoms with van der Waals surface area (Å²) in [7, 11) is 1.50. The number of methoxy groups -OCH3 is 1. The summed E-state index contributed by atoms with van der Waals surface area (Å²) >= 11 is 0. The van der Waals surface area contributed by atoms with E-state index in [2.05, 4.69) is 0 Å². The van der Waals surface area contributed by atoms with Crippen LogP contribution in [0.4, 0.5) is 0 Å². The van der Waals surface area contributed by atoms with E-state index in [1.807, 2.05) is 12.8 Å². The fourth-order valence-electron chi connectivity index (χ4n) is 0.711. The van der Waals surface area contributed by atoms with Gasteiger partial charge in [-0.15, -0.1) is 6.42 Å². The maximum Gasteiger partial charge on any atom is 0.233 e. The summed E-state index contributed by atoms with van der Waals surface area (Å²) in [6.07, 6.45) is 6.12. The summed E-state index contributed by atoms with van der Waals surface area (Å²) in [6, 6.07) is 0. The quantitative estimate of drug-likeness (QED) is 0.430. The number of ketones is 1. The standard InChI is InChI=1S/C8H12O2/c1-4-6-8(10-3)7(9)5-2/h2,8H,4,6H2,1,3H3. The van der Waals surface area contributed by atoms with Crippen LogP contribution in [0, 0.1) is 12.3 Å². The highest BCUT2D eigenvalue weighted by Crippen LogP contribution is 2.00. The van der Waals surface area contributed by atoms with E-state index in [0.717, 1.165) is 6.42 Å². The second-order valence-electron chi connectivity index (χ2n) is 2.02. The molecule has 0 aliphatic heterocycles. The lowest BCUT2D eigenvalue weighted by atomic mass is 10.1. The number of hydrogen-bond acceptors (Lipinski definition) is 2. The highest BCUT2D eigenvalue weighted by atomic mass is 16.5. The van der Waals surface area contributed by atoms with Crippen molar-refractivity contribution in [1.29, 1.82) is 0 Å². The van der Waals surface area contributed by atoms with Gasteiger partial charge in [0.2, 0.25) is 5.78 Å². The molecule has 0 aromatic carbocycles. The van der Waals surface area contributed by atoms with Crippen LogP contribution in [0.2, 0.25) is 0 Å². The zero-order chi connectivity index (χ0) is 7.98. The molecule has 0 heterocycles. The molecule has 1 unspecified atom stereocenters. The van der Waals surface area contributed by atoms with Gasteiger partial charge in [-0.2, -0.15) is 0 Å². The Balaban J connectivity index is 3.83. The zero-order valence-corrected chi connectivity index (χ0v) is 6.39.